The van der Waals surface area contributed by atoms with Gasteiger partial charge in [0.15, 0.2) is 5.84 Å². The van der Waals surface area contributed by atoms with Crippen LogP contribution in [0.1, 0.15) is 41.0 Å². The van der Waals surface area contributed by atoms with E-state index in [1.54, 1.807) is 4.90 Å². The molecule has 0 saturated heterocycles. The van der Waals surface area contributed by atoms with Gasteiger partial charge >= 0.3 is 0 Å². The van der Waals surface area contributed by atoms with Crippen molar-refractivity contribution in [1.82, 2.24) is 4.90 Å². The fraction of sp³-hybridized carbons (Fsp3) is 0.846. The monoisotopic (exact) mass is 257 g/mol. The van der Waals surface area contributed by atoms with Gasteiger partial charge in [0, 0.05) is 13.1 Å². The van der Waals surface area contributed by atoms with Crippen molar-refractivity contribution >= 4 is 11.7 Å². The summed E-state index contributed by atoms with van der Waals surface area (Å²) in [6.45, 7) is 11.3. The molecule has 0 aliphatic carbocycles. The summed E-state index contributed by atoms with van der Waals surface area (Å²) in [6, 6.07) is 0. The van der Waals surface area contributed by atoms with E-state index >= 15 is 0 Å². The van der Waals surface area contributed by atoms with Crippen LogP contribution < -0.4 is 5.73 Å². The number of amides is 1. The standard InChI is InChI=1S/C13H27N3O2/c1-6-10(5)8-16(7-2)13(17)11(9(3)4)12(14)15-18/h9-11,18H,6-8H2,1-5H3,(H2,14,15). The Morgan fingerprint density at radius 2 is 1.89 bits per heavy atom. The predicted octanol–water partition coefficient (Wildman–Crippen LogP) is 1.90. The third-order valence-corrected chi connectivity index (χ3v) is 3.29. The average Bonchev–Trinajstić information content (AvgIpc) is 2.34. The molecule has 0 aliphatic rings. The fourth-order valence-electron chi connectivity index (χ4n) is 1.89. The van der Waals surface area contributed by atoms with E-state index in [1.165, 1.54) is 0 Å². The van der Waals surface area contributed by atoms with Crippen LogP contribution in [-0.4, -0.2) is 34.9 Å². The Balaban J connectivity index is 4.93. The smallest absolute Gasteiger partial charge is 0.233 e. The Labute approximate surface area is 110 Å². The van der Waals surface area contributed by atoms with Crippen molar-refractivity contribution in [2.24, 2.45) is 28.6 Å². The lowest BCUT2D eigenvalue weighted by molar-refractivity contribution is -0.135. The highest BCUT2D eigenvalue weighted by molar-refractivity contribution is 6.02. The van der Waals surface area contributed by atoms with Crippen LogP contribution in [0.15, 0.2) is 5.16 Å². The molecule has 0 fully saturated rings. The molecule has 1 amide bonds. The Morgan fingerprint density at radius 1 is 1.33 bits per heavy atom. The molecule has 0 saturated carbocycles. The van der Waals surface area contributed by atoms with E-state index in [0.29, 0.717) is 19.0 Å². The van der Waals surface area contributed by atoms with Crippen molar-refractivity contribution in [3.05, 3.63) is 0 Å². The first-order valence-corrected chi connectivity index (χ1v) is 6.65. The molecular formula is C13H27N3O2. The molecule has 0 aromatic heterocycles. The summed E-state index contributed by atoms with van der Waals surface area (Å²) in [6.07, 6.45) is 1.03. The molecule has 5 heteroatoms. The topological polar surface area (TPSA) is 78.9 Å². The number of amidine groups is 1. The van der Waals surface area contributed by atoms with Crippen molar-refractivity contribution in [3.63, 3.8) is 0 Å². The maximum atomic E-state index is 12.4. The van der Waals surface area contributed by atoms with Crippen LogP contribution in [0.3, 0.4) is 0 Å². The second kappa shape index (κ2) is 7.95. The molecule has 2 unspecified atom stereocenters. The molecule has 0 aliphatic heterocycles. The molecule has 5 nitrogen and oxygen atoms in total. The van der Waals surface area contributed by atoms with Crippen LogP contribution in [0.25, 0.3) is 0 Å². The normalized spacial score (nSPS) is 15.6. The molecule has 3 N–H and O–H groups in total. The van der Waals surface area contributed by atoms with E-state index in [1.807, 2.05) is 20.8 Å². The van der Waals surface area contributed by atoms with Crippen molar-refractivity contribution in [2.75, 3.05) is 13.1 Å². The maximum absolute atomic E-state index is 12.4. The quantitative estimate of drug-likeness (QED) is 0.316. The highest BCUT2D eigenvalue weighted by atomic mass is 16.4. The fourth-order valence-corrected chi connectivity index (χ4v) is 1.89. The number of nitrogens with two attached hydrogens (primary N) is 1. The molecule has 2 atom stereocenters. The number of carbonyl (C=O) groups is 1. The molecule has 0 aromatic rings. The second-order valence-electron chi connectivity index (χ2n) is 5.14. The second-order valence-corrected chi connectivity index (χ2v) is 5.14. The van der Waals surface area contributed by atoms with E-state index in [2.05, 4.69) is 19.0 Å². The molecule has 0 spiro atoms. The summed E-state index contributed by atoms with van der Waals surface area (Å²) in [5.74, 6) is -0.131. The van der Waals surface area contributed by atoms with Gasteiger partial charge in [0.05, 0.1) is 0 Å². The van der Waals surface area contributed by atoms with Crippen LogP contribution in [-0.2, 0) is 4.79 Å². The number of oxime groups is 1. The van der Waals surface area contributed by atoms with E-state index in [-0.39, 0.29) is 17.7 Å². The largest absolute Gasteiger partial charge is 0.409 e. The summed E-state index contributed by atoms with van der Waals surface area (Å²) < 4.78 is 0. The number of rotatable bonds is 7. The zero-order chi connectivity index (χ0) is 14.3. The van der Waals surface area contributed by atoms with Crippen LogP contribution >= 0.6 is 0 Å². The Bertz CT molecular complexity index is 290. The Morgan fingerprint density at radius 3 is 2.22 bits per heavy atom. The van der Waals surface area contributed by atoms with Gasteiger partial charge in [-0.15, -0.1) is 0 Å². The third kappa shape index (κ3) is 4.55. The van der Waals surface area contributed by atoms with Gasteiger partial charge in [0.2, 0.25) is 5.91 Å². The molecule has 106 valence electrons. The van der Waals surface area contributed by atoms with Crippen molar-refractivity contribution < 1.29 is 10.0 Å². The van der Waals surface area contributed by atoms with E-state index in [4.69, 9.17) is 10.9 Å². The first kappa shape index (κ1) is 16.7. The zero-order valence-corrected chi connectivity index (χ0v) is 12.2. The highest BCUT2D eigenvalue weighted by Crippen LogP contribution is 2.16. The molecule has 0 rings (SSSR count). The van der Waals surface area contributed by atoms with E-state index < -0.39 is 5.92 Å². The van der Waals surface area contributed by atoms with Crippen molar-refractivity contribution in [3.8, 4) is 0 Å². The number of carbonyl (C=O) groups excluding carboxylic acids is 1. The summed E-state index contributed by atoms with van der Waals surface area (Å²) in [5.41, 5.74) is 5.63. The number of nitrogens with zero attached hydrogens (tertiary/aromatic N) is 2. The average molecular weight is 257 g/mol. The number of hydrogen-bond donors (Lipinski definition) is 2. The molecule has 0 radical (unpaired) electrons. The lowest BCUT2D eigenvalue weighted by Gasteiger charge is -2.29. The van der Waals surface area contributed by atoms with Crippen molar-refractivity contribution in [2.45, 2.75) is 41.0 Å². The molecular weight excluding hydrogens is 230 g/mol. The molecule has 0 aromatic carbocycles. The zero-order valence-electron chi connectivity index (χ0n) is 12.2. The Hall–Kier alpha value is -1.26. The predicted molar refractivity (Wildman–Crippen MR) is 73.4 cm³/mol. The minimum Gasteiger partial charge on any atom is -0.409 e. The lowest BCUT2D eigenvalue weighted by Crippen LogP contribution is -2.45. The first-order valence-electron chi connectivity index (χ1n) is 6.65. The molecule has 0 heterocycles. The summed E-state index contributed by atoms with van der Waals surface area (Å²) >= 11 is 0. The van der Waals surface area contributed by atoms with Crippen LogP contribution in [0.4, 0.5) is 0 Å². The van der Waals surface area contributed by atoms with E-state index in [9.17, 15) is 4.79 Å². The van der Waals surface area contributed by atoms with Crippen molar-refractivity contribution in [1.29, 1.82) is 0 Å². The minimum absolute atomic E-state index is 0.00222. The Kier molecular flexibility index (Phi) is 7.39. The minimum atomic E-state index is -0.543. The molecule has 18 heavy (non-hydrogen) atoms. The van der Waals surface area contributed by atoms with Gasteiger partial charge in [-0.1, -0.05) is 39.3 Å². The van der Waals surface area contributed by atoms with Gasteiger partial charge < -0.3 is 15.8 Å². The van der Waals surface area contributed by atoms with Crippen LogP contribution in [0, 0.1) is 17.8 Å². The van der Waals surface area contributed by atoms with Gasteiger partial charge in [0.1, 0.15) is 5.92 Å². The van der Waals surface area contributed by atoms with Crippen LogP contribution in [0.2, 0.25) is 0 Å². The first-order chi connectivity index (χ1) is 8.38. The van der Waals surface area contributed by atoms with Gasteiger partial charge in [-0.25, -0.2) is 0 Å². The molecule has 0 bridgehead atoms. The summed E-state index contributed by atoms with van der Waals surface area (Å²) in [5, 5.41) is 11.8. The third-order valence-electron chi connectivity index (χ3n) is 3.29. The van der Waals surface area contributed by atoms with Gasteiger partial charge in [0.25, 0.3) is 0 Å². The maximum Gasteiger partial charge on any atom is 0.233 e. The summed E-state index contributed by atoms with van der Waals surface area (Å²) in [7, 11) is 0. The lowest BCUT2D eigenvalue weighted by atomic mass is 9.92. The summed E-state index contributed by atoms with van der Waals surface area (Å²) in [4.78, 5) is 14.2. The van der Waals surface area contributed by atoms with Gasteiger partial charge in [-0.3, -0.25) is 4.79 Å². The van der Waals surface area contributed by atoms with Gasteiger partial charge in [-0.05, 0) is 18.8 Å². The van der Waals surface area contributed by atoms with Crippen LogP contribution in [0.5, 0.6) is 0 Å². The number of hydrogen-bond acceptors (Lipinski definition) is 3. The van der Waals surface area contributed by atoms with E-state index in [0.717, 1.165) is 6.42 Å². The highest BCUT2D eigenvalue weighted by Gasteiger charge is 2.30. The van der Waals surface area contributed by atoms with Gasteiger partial charge in [-0.2, -0.15) is 0 Å². The SMILES string of the molecule is CCC(C)CN(CC)C(=O)C(C(N)=NO)C(C)C.